The summed E-state index contributed by atoms with van der Waals surface area (Å²) in [6, 6.07) is 5.26. The van der Waals surface area contributed by atoms with Crippen molar-refractivity contribution in [3.05, 3.63) is 23.8 Å². The van der Waals surface area contributed by atoms with Gasteiger partial charge in [-0.2, -0.15) is 0 Å². The molecule has 5 nitrogen and oxygen atoms in total. The zero-order valence-corrected chi connectivity index (χ0v) is 12.9. The predicted octanol–water partition coefficient (Wildman–Crippen LogP) is 1.95. The molecule has 3 N–H and O–H groups in total. The summed E-state index contributed by atoms with van der Waals surface area (Å²) in [6.45, 7) is 7.67. The summed E-state index contributed by atoms with van der Waals surface area (Å²) in [5.41, 5.74) is 5.93. The fourth-order valence-electron chi connectivity index (χ4n) is 2.07. The summed E-state index contributed by atoms with van der Waals surface area (Å²) in [4.78, 5) is 12.4. The molecule has 2 rings (SSSR count). The number of nitrogens with one attached hydrogen (secondary N) is 1. The molecule has 0 radical (unpaired) electrons. The Morgan fingerprint density at radius 3 is 2.62 bits per heavy atom. The van der Waals surface area contributed by atoms with Gasteiger partial charge in [0.15, 0.2) is 11.5 Å². The van der Waals surface area contributed by atoms with Crippen molar-refractivity contribution in [1.29, 1.82) is 0 Å². The second-order valence-corrected chi connectivity index (χ2v) is 5.94. The van der Waals surface area contributed by atoms with Crippen molar-refractivity contribution in [3.8, 4) is 11.5 Å². The first-order valence-electron chi connectivity index (χ1n) is 7.38. The van der Waals surface area contributed by atoms with Gasteiger partial charge < -0.3 is 20.5 Å². The van der Waals surface area contributed by atoms with E-state index in [9.17, 15) is 4.79 Å². The average molecular weight is 292 g/mol. The molecule has 1 atom stereocenters. The summed E-state index contributed by atoms with van der Waals surface area (Å²) in [7, 11) is 0. The minimum atomic E-state index is -0.429. The number of benzene rings is 1. The Balaban J connectivity index is 2.18. The lowest BCUT2D eigenvalue weighted by molar-refractivity contribution is 0.0882. The molecule has 0 aliphatic carbocycles. The zero-order chi connectivity index (χ0) is 15.5. The van der Waals surface area contributed by atoms with Gasteiger partial charge in [0.05, 0.1) is 18.8 Å². The van der Waals surface area contributed by atoms with E-state index in [1.165, 1.54) is 0 Å². The number of fused-ring (bicyclic) bond motifs is 1. The number of amides is 1. The minimum Gasteiger partial charge on any atom is -0.490 e. The highest BCUT2D eigenvalue weighted by Crippen LogP contribution is 2.30. The Hall–Kier alpha value is -1.75. The van der Waals surface area contributed by atoms with Crippen LogP contribution in [0.5, 0.6) is 11.5 Å². The van der Waals surface area contributed by atoms with E-state index >= 15 is 0 Å². The van der Waals surface area contributed by atoms with Gasteiger partial charge in [-0.25, -0.2) is 0 Å². The Morgan fingerprint density at radius 1 is 1.33 bits per heavy atom. The van der Waals surface area contributed by atoms with Crippen LogP contribution >= 0.6 is 0 Å². The van der Waals surface area contributed by atoms with Crippen LogP contribution in [0.25, 0.3) is 0 Å². The van der Waals surface area contributed by atoms with Gasteiger partial charge in [0.25, 0.3) is 5.91 Å². The highest BCUT2D eigenvalue weighted by Gasteiger charge is 2.29. The number of nitrogens with two attached hydrogens (primary N) is 1. The summed E-state index contributed by atoms with van der Waals surface area (Å²) < 4.78 is 11.2. The van der Waals surface area contributed by atoms with Crippen molar-refractivity contribution in [2.75, 3.05) is 19.8 Å². The van der Waals surface area contributed by atoms with E-state index in [-0.39, 0.29) is 11.8 Å². The standard InChI is InChI=1S/C16H24N2O3/c1-11(2)16(3,10-17)18-15(19)12-5-6-13-14(9-12)21-8-4-7-20-13/h5-6,9,11H,4,7-8,10,17H2,1-3H3,(H,18,19). The summed E-state index contributed by atoms with van der Waals surface area (Å²) >= 11 is 0. The molecule has 1 unspecified atom stereocenters. The van der Waals surface area contributed by atoms with Gasteiger partial charge in [-0.3, -0.25) is 4.79 Å². The molecule has 1 aliphatic heterocycles. The zero-order valence-electron chi connectivity index (χ0n) is 12.9. The van der Waals surface area contributed by atoms with Gasteiger partial charge in [0, 0.05) is 18.5 Å². The Bertz CT molecular complexity index is 516. The maximum atomic E-state index is 12.4. The first kappa shape index (κ1) is 15.6. The third-order valence-corrected chi connectivity index (χ3v) is 4.11. The monoisotopic (exact) mass is 292 g/mol. The van der Waals surface area contributed by atoms with Crippen LogP contribution in [-0.2, 0) is 0 Å². The van der Waals surface area contributed by atoms with Crippen molar-refractivity contribution in [1.82, 2.24) is 5.32 Å². The summed E-state index contributed by atoms with van der Waals surface area (Å²) in [5, 5.41) is 3.02. The van der Waals surface area contributed by atoms with Crippen molar-refractivity contribution in [2.24, 2.45) is 11.7 Å². The predicted molar refractivity (Wildman–Crippen MR) is 81.8 cm³/mol. The summed E-state index contributed by atoms with van der Waals surface area (Å²) in [5.74, 6) is 1.41. The number of carbonyl (C=O) groups is 1. The molecule has 21 heavy (non-hydrogen) atoms. The number of carbonyl (C=O) groups excluding carboxylic acids is 1. The van der Waals surface area contributed by atoms with Crippen LogP contribution in [0.4, 0.5) is 0 Å². The maximum absolute atomic E-state index is 12.4. The molecule has 1 aliphatic rings. The number of hydrogen-bond acceptors (Lipinski definition) is 4. The largest absolute Gasteiger partial charge is 0.490 e. The van der Waals surface area contributed by atoms with E-state index in [0.29, 0.717) is 36.8 Å². The maximum Gasteiger partial charge on any atom is 0.251 e. The topological polar surface area (TPSA) is 73.6 Å². The molecule has 0 saturated heterocycles. The lowest BCUT2D eigenvalue weighted by atomic mass is 9.88. The van der Waals surface area contributed by atoms with Crippen LogP contribution in [0.3, 0.4) is 0 Å². The first-order chi connectivity index (χ1) is 9.96. The molecular weight excluding hydrogens is 268 g/mol. The highest BCUT2D eigenvalue weighted by atomic mass is 16.5. The van der Waals surface area contributed by atoms with Gasteiger partial charge in [0.1, 0.15) is 0 Å². The molecular formula is C16H24N2O3. The van der Waals surface area contributed by atoms with Crippen LogP contribution in [0.15, 0.2) is 18.2 Å². The van der Waals surface area contributed by atoms with E-state index in [2.05, 4.69) is 5.32 Å². The molecule has 0 saturated carbocycles. The van der Waals surface area contributed by atoms with Crippen molar-refractivity contribution in [3.63, 3.8) is 0 Å². The van der Waals surface area contributed by atoms with Crippen molar-refractivity contribution < 1.29 is 14.3 Å². The molecule has 0 fully saturated rings. The van der Waals surface area contributed by atoms with Crippen LogP contribution in [0, 0.1) is 5.92 Å². The quantitative estimate of drug-likeness (QED) is 0.889. The van der Waals surface area contributed by atoms with Gasteiger partial charge in [0.2, 0.25) is 0 Å². The molecule has 0 spiro atoms. The average Bonchev–Trinajstić information content (AvgIpc) is 2.71. The smallest absolute Gasteiger partial charge is 0.251 e. The summed E-state index contributed by atoms with van der Waals surface area (Å²) in [6.07, 6.45) is 0.842. The molecule has 0 bridgehead atoms. The van der Waals surface area contributed by atoms with Gasteiger partial charge in [-0.05, 0) is 31.0 Å². The normalized spacial score (nSPS) is 17.0. The van der Waals surface area contributed by atoms with Gasteiger partial charge in [-0.1, -0.05) is 13.8 Å². The molecule has 116 valence electrons. The minimum absolute atomic E-state index is 0.146. The lowest BCUT2D eigenvalue weighted by Gasteiger charge is -2.33. The van der Waals surface area contributed by atoms with E-state index in [0.717, 1.165) is 6.42 Å². The highest BCUT2D eigenvalue weighted by molar-refractivity contribution is 5.95. The molecule has 1 amide bonds. The van der Waals surface area contributed by atoms with E-state index < -0.39 is 5.54 Å². The number of hydrogen-bond donors (Lipinski definition) is 2. The second-order valence-electron chi connectivity index (χ2n) is 5.94. The molecule has 1 heterocycles. The van der Waals surface area contributed by atoms with Crippen LogP contribution in [0.1, 0.15) is 37.6 Å². The van der Waals surface area contributed by atoms with E-state index in [1.807, 2.05) is 20.8 Å². The molecule has 5 heteroatoms. The fraction of sp³-hybridized carbons (Fsp3) is 0.562. The fourth-order valence-corrected chi connectivity index (χ4v) is 2.07. The third-order valence-electron chi connectivity index (χ3n) is 4.11. The van der Waals surface area contributed by atoms with Crippen molar-refractivity contribution >= 4 is 5.91 Å². The lowest BCUT2D eigenvalue weighted by Crippen LogP contribution is -2.55. The SMILES string of the molecule is CC(C)C(C)(CN)NC(=O)c1ccc2c(c1)OCCCO2. The Labute approximate surface area is 125 Å². The Kier molecular flexibility index (Phi) is 4.73. The van der Waals surface area contributed by atoms with Gasteiger partial charge >= 0.3 is 0 Å². The van der Waals surface area contributed by atoms with Crippen LogP contribution in [-0.4, -0.2) is 31.2 Å². The molecule has 0 aromatic heterocycles. The van der Waals surface area contributed by atoms with Crippen molar-refractivity contribution in [2.45, 2.75) is 32.7 Å². The molecule has 1 aromatic carbocycles. The van der Waals surface area contributed by atoms with E-state index in [4.69, 9.17) is 15.2 Å². The number of rotatable bonds is 4. The van der Waals surface area contributed by atoms with Crippen LogP contribution in [0.2, 0.25) is 0 Å². The second kappa shape index (κ2) is 6.35. The van der Waals surface area contributed by atoms with E-state index in [1.54, 1.807) is 18.2 Å². The number of ether oxygens (including phenoxy) is 2. The Morgan fingerprint density at radius 2 is 2.00 bits per heavy atom. The van der Waals surface area contributed by atoms with Crippen LogP contribution < -0.4 is 20.5 Å². The molecule has 1 aromatic rings. The van der Waals surface area contributed by atoms with Gasteiger partial charge in [-0.15, -0.1) is 0 Å². The third kappa shape index (κ3) is 3.47. The first-order valence-corrected chi connectivity index (χ1v) is 7.38.